The molecule has 29 heavy (non-hydrogen) atoms. The van der Waals surface area contributed by atoms with Gasteiger partial charge in [-0.3, -0.25) is 9.52 Å². The van der Waals surface area contributed by atoms with Gasteiger partial charge < -0.3 is 5.32 Å². The molecule has 3 aromatic carbocycles. The lowest BCUT2D eigenvalue weighted by atomic mass is 10.2. The molecule has 0 aliphatic carbocycles. The van der Waals surface area contributed by atoms with Crippen molar-refractivity contribution in [2.24, 2.45) is 0 Å². The molecule has 8 heteroatoms. The lowest BCUT2D eigenvalue weighted by molar-refractivity contribution is -0.113. The third-order valence-corrected chi connectivity index (χ3v) is 6.68. The highest BCUT2D eigenvalue weighted by molar-refractivity contribution is 8.00. The molecule has 0 unspecified atom stereocenters. The maximum Gasteiger partial charge on any atom is 0.261 e. The smallest absolute Gasteiger partial charge is 0.261 e. The minimum Gasteiger partial charge on any atom is -0.325 e. The van der Waals surface area contributed by atoms with Crippen LogP contribution in [-0.2, 0) is 14.8 Å². The van der Waals surface area contributed by atoms with E-state index in [0.717, 1.165) is 10.5 Å². The molecule has 3 rings (SSSR count). The van der Waals surface area contributed by atoms with Gasteiger partial charge in [-0.2, -0.15) is 0 Å². The Kier molecular flexibility index (Phi) is 6.84. The van der Waals surface area contributed by atoms with Crippen molar-refractivity contribution in [3.8, 4) is 0 Å². The summed E-state index contributed by atoms with van der Waals surface area (Å²) in [5.41, 5.74) is 1.99. The van der Waals surface area contributed by atoms with E-state index in [9.17, 15) is 13.2 Å². The average Bonchev–Trinajstić information content (AvgIpc) is 2.70. The van der Waals surface area contributed by atoms with E-state index in [1.807, 2.05) is 31.2 Å². The van der Waals surface area contributed by atoms with E-state index in [2.05, 4.69) is 10.0 Å². The lowest BCUT2D eigenvalue weighted by Crippen LogP contribution is -2.15. The fraction of sp³-hybridized carbons (Fsp3) is 0.0952. The van der Waals surface area contributed by atoms with E-state index in [1.54, 1.807) is 36.4 Å². The maximum atomic E-state index is 12.5. The molecule has 0 aromatic heterocycles. The normalized spacial score (nSPS) is 11.1. The van der Waals surface area contributed by atoms with Crippen molar-refractivity contribution in [1.82, 2.24) is 0 Å². The van der Waals surface area contributed by atoms with Gasteiger partial charge >= 0.3 is 0 Å². The van der Waals surface area contributed by atoms with Gasteiger partial charge in [-0.1, -0.05) is 41.4 Å². The standard InChI is InChI=1S/C21H19ClN2O3S2/c1-15-6-10-17(11-7-15)28-14-21(25)23-16-8-12-18(13-9-16)29(26,27)24-20-5-3-2-4-19(20)22/h2-13,24H,14H2,1H3,(H,23,25). The van der Waals surface area contributed by atoms with Gasteiger partial charge in [0.1, 0.15) is 0 Å². The number of amides is 1. The van der Waals surface area contributed by atoms with E-state index >= 15 is 0 Å². The predicted molar refractivity (Wildman–Crippen MR) is 119 cm³/mol. The second-order valence-electron chi connectivity index (χ2n) is 6.26. The number of hydrogen-bond donors (Lipinski definition) is 2. The van der Waals surface area contributed by atoms with Crippen LogP contribution in [0.2, 0.25) is 5.02 Å². The molecule has 0 fully saturated rings. The molecule has 0 bridgehead atoms. The van der Waals surface area contributed by atoms with Crippen LogP contribution < -0.4 is 10.0 Å². The van der Waals surface area contributed by atoms with Crippen LogP contribution in [0.1, 0.15) is 5.56 Å². The Bertz CT molecular complexity index is 1100. The quantitative estimate of drug-likeness (QED) is 0.490. The number of aryl methyl sites for hydroxylation is 1. The summed E-state index contributed by atoms with van der Waals surface area (Å²) in [6.07, 6.45) is 0. The highest BCUT2D eigenvalue weighted by Gasteiger charge is 2.15. The Balaban J connectivity index is 1.59. The fourth-order valence-electron chi connectivity index (χ4n) is 2.45. The van der Waals surface area contributed by atoms with Crippen molar-refractivity contribution in [2.75, 3.05) is 15.8 Å². The highest BCUT2D eigenvalue weighted by Crippen LogP contribution is 2.25. The highest BCUT2D eigenvalue weighted by atomic mass is 35.5. The molecule has 1 amide bonds. The number of carbonyl (C=O) groups excluding carboxylic acids is 1. The number of anilines is 2. The van der Waals surface area contributed by atoms with Gasteiger partial charge in [-0.15, -0.1) is 11.8 Å². The molecule has 0 heterocycles. The van der Waals surface area contributed by atoms with Gasteiger partial charge in [0.25, 0.3) is 10.0 Å². The van der Waals surface area contributed by atoms with E-state index in [4.69, 9.17) is 11.6 Å². The van der Waals surface area contributed by atoms with Crippen LogP contribution in [0.25, 0.3) is 0 Å². The SMILES string of the molecule is Cc1ccc(SCC(=O)Nc2ccc(S(=O)(=O)Nc3ccccc3Cl)cc2)cc1. The predicted octanol–water partition coefficient (Wildman–Crippen LogP) is 5.18. The van der Waals surface area contributed by atoms with E-state index < -0.39 is 10.0 Å². The van der Waals surface area contributed by atoms with Crippen LogP contribution in [0.5, 0.6) is 0 Å². The molecule has 5 nitrogen and oxygen atoms in total. The Morgan fingerprint density at radius 1 is 0.966 bits per heavy atom. The number of halogens is 1. The molecule has 3 aromatic rings. The Labute approximate surface area is 179 Å². The van der Waals surface area contributed by atoms with Crippen LogP contribution in [0.3, 0.4) is 0 Å². The van der Waals surface area contributed by atoms with Gasteiger partial charge in [0.2, 0.25) is 5.91 Å². The van der Waals surface area contributed by atoms with Crippen LogP contribution in [0.15, 0.2) is 82.6 Å². The zero-order chi connectivity index (χ0) is 20.9. The second-order valence-corrected chi connectivity index (χ2v) is 9.40. The number of carbonyl (C=O) groups is 1. The first-order chi connectivity index (χ1) is 13.8. The first kappa shape index (κ1) is 21.2. The van der Waals surface area contributed by atoms with Crippen molar-refractivity contribution in [3.63, 3.8) is 0 Å². The van der Waals surface area contributed by atoms with Crippen molar-refractivity contribution in [1.29, 1.82) is 0 Å². The van der Waals surface area contributed by atoms with E-state index in [-0.39, 0.29) is 16.6 Å². The summed E-state index contributed by atoms with van der Waals surface area (Å²) in [5.74, 6) is 0.0948. The molecule has 0 radical (unpaired) electrons. The van der Waals surface area contributed by atoms with Crippen molar-refractivity contribution in [3.05, 3.63) is 83.4 Å². The largest absolute Gasteiger partial charge is 0.325 e. The molecule has 2 N–H and O–H groups in total. The van der Waals surface area contributed by atoms with Crippen molar-refractivity contribution in [2.45, 2.75) is 16.7 Å². The first-order valence-electron chi connectivity index (χ1n) is 8.70. The van der Waals surface area contributed by atoms with Crippen LogP contribution in [0.4, 0.5) is 11.4 Å². The minimum atomic E-state index is -3.78. The minimum absolute atomic E-state index is 0.0736. The third-order valence-electron chi connectivity index (χ3n) is 3.96. The molecule has 150 valence electrons. The molecule has 0 saturated carbocycles. The molecule has 0 saturated heterocycles. The van der Waals surface area contributed by atoms with Gasteiger partial charge in [0, 0.05) is 10.6 Å². The molecule has 0 spiro atoms. The number of thioether (sulfide) groups is 1. The number of sulfonamides is 1. The van der Waals surface area contributed by atoms with Gasteiger partial charge in [0.05, 0.1) is 21.4 Å². The average molecular weight is 447 g/mol. The van der Waals surface area contributed by atoms with Crippen molar-refractivity contribution >= 4 is 50.7 Å². The molecule has 0 atom stereocenters. The Morgan fingerprint density at radius 2 is 1.62 bits per heavy atom. The number of para-hydroxylation sites is 1. The summed E-state index contributed by atoms with van der Waals surface area (Å²) < 4.78 is 27.5. The Hall–Kier alpha value is -2.48. The van der Waals surface area contributed by atoms with Gasteiger partial charge in [0.15, 0.2) is 0 Å². The van der Waals surface area contributed by atoms with Crippen LogP contribution >= 0.6 is 23.4 Å². The first-order valence-corrected chi connectivity index (χ1v) is 11.5. The number of benzene rings is 3. The van der Waals surface area contributed by atoms with Crippen LogP contribution in [0, 0.1) is 6.92 Å². The second kappa shape index (κ2) is 9.35. The topological polar surface area (TPSA) is 75.3 Å². The summed E-state index contributed by atoms with van der Waals surface area (Å²) in [6.45, 7) is 2.01. The van der Waals surface area contributed by atoms with Crippen LogP contribution in [-0.4, -0.2) is 20.1 Å². The fourth-order valence-corrected chi connectivity index (χ4v) is 4.46. The summed E-state index contributed by atoms with van der Waals surface area (Å²) in [6, 6.07) is 20.5. The molecule has 0 aliphatic rings. The zero-order valence-corrected chi connectivity index (χ0v) is 17.9. The lowest BCUT2D eigenvalue weighted by Gasteiger charge is -2.10. The summed E-state index contributed by atoms with van der Waals surface area (Å²) in [7, 11) is -3.78. The molecular weight excluding hydrogens is 428 g/mol. The van der Waals surface area contributed by atoms with Gasteiger partial charge in [-0.25, -0.2) is 8.42 Å². The summed E-state index contributed by atoms with van der Waals surface area (Å²) >= 11 is 7.44. The van der Waals surface area contributed by atoms with Gasteiger partial charge in [-0.05, 0) is 55.5 Å². The van der Waals surface area contributed by atoms with E-state index in [0.29, 0.717) is 16.4 Å². The number of hydrogen-bond acceptors (Lipinski definition) is 4. The molecule has 0 aliphatic heterocycles. The monoisotopic (exact) mass is 446 g/mol. The van der Waals surface area contributed by atoms with E-state index in [1.165, 1.54) is 23.9 Å². The van der Waals surface area contributed by atoms with Crippen molar-refractivity contribution < 1.29 is 13.2 Å². The summed E-state index contributed by atoms with van der Waals surface area (Å²) in [4.78, 5) is 13.2. The molecular formula is C21H19ClN2O3S2. The number of rotatable bonds is 7. The maximum absolute atomic E-state index is 12.5. The summed E-state index contributed by atoms with van der Waals surface area (Å²) in [5, 5.41) is 3.08. The Morgan fingerprint density at radius 3 is 2.28 bits per heavy atom. The number of nitrogens with one attached hydrogen (secondary N) is 2. The third kappa shape index (κ3) is 6.00. The zero-order valence-electron chi connectivity index (χ0n) is 15.6.